The second kappa shape index (κ2) is 6.79. The van der Waals surface area contributed by atoms with Gasteiger partial charge in [0.25, 0.3) is 0 Å². The summed E-state index contributed by atoms with van der Waals surface area (Å²) in [6.45, 7) is 5.82. The lowest BCUT2D eigenvalue weighted by Crippen LogP contribution is -2.32. The predicted molar refractivity (Wildman–Crippen MR) is 82.7 cm³/mol. The van der Waals surface area contributed by atoms with Crippen LogP contribution >= 0.6 is 11.6 Å². The van der Waals surface area contributed by atoms with Crippen molar-refractivity contribution in [1.82, 2.24) is 10.2 Å². The van der Waals surface area contributed by atoms with E-state index >= 15 is 0 Å². The number of fused-ring (bicyclic) bond motifs is 1. The summed E-state index contributed by atoms with van der Waals surface area (Å²) in [5.74, 6) is 0.998. The lowest BCUT2D eigenvalue weighted by atomic mass is 10.1. The maximum Gasteiger partial charge on any atom is 0.123 e. The van der Waals surface area contributed by atoms with Crippen molar-refractivity contribution < 1.29 is 4.74 Å². The fourth-order valence-corrected chi connectivity index (χ4v) is 3.29. The van der Waals surface area contributed by atoms with E-state index in [1.807, 2.05) is 18.2 Å². The molecule has 2 aliphatic rings. The van der Waals surface area contributed by atoms with Crippen molar-refractivity contribution in [3.05, 3.63) is 28.8 Å². The minimum Gasteiger partial charge on any atom is -0.488 e. The van der Waals surface area contributed by atoms with Gasteiger partial charge in [-0.2, -0.15) is 0 Å². The van der Waals surface area contributed by atoms with Crippen LogP contribution in [0, 0.1) is 0 Å². The molecule has 3 rings (SSSR count). The van der Waals surface area contributed by atoms with Crippen LogP contribution in [0.1, 0.15) is 24.8 Å². The quantitative estimate of drug-likeness (QED) is 0.817. The molecule has 0 radical (unpaired) electrons. The smallest absolute Gasteiger partial charge is 0.123 e. The van der Waals surface area contributed by atoms with Gasteiger partial charge in [0, 0.05) is 18.0 Å². The third-order valence-electron chi connectivity index (χ3n) is 4.16. The number of ether oxygens (including phenoxy) is 1. The Hall–Kier alpha value is -0.770. The van der Waals surface area contributed by atoms with E-state index in [0.717, 1.165) is 30.3 Å². The van der Waals surface area contributed by atoms with Gasteiger partial charge in [-0.3, -0.25) is 0 Å². The molecule has 0 amide bonds. The first-order valence-electron chi connectivity index (χ1n) is 7.69. The number of nitrogens with zero attached hydrogens (tertiary/aromatic N) is 1. The van der Waals surface area contributed by atoms with Crippen molar-refractivity contribution in [2.75, 3.05) is 32.7 Å². The maximum atomic E-state index is 6.00. The molecule has 1 unspecified atom stereocenters. The van der Waals surface area contributed by atoms with Crippen molar-refractivity contribution in [2.45, 2.75) is 31.8 Å². The Labute approximate surface area is 126 Å². The summed E-state index contributed by atoms with van der Waals surface area (Å²) in [5, 5.41) is 4.31. The third kappa shape index (κ3) is 3.66. The zero-order valence-electron chi connectivity index (χ0n) is 11.9. The van der Waals surface area contributed by atoms with Crippen molar-refractivity contribution in [3.63, 3.8) is 0 Å². The van der Waals surface area contributed by atoms with Crippen molar-refractivity contribution in [2.24, 2.45) is 0 Å². The molecule has 0 saturated carbocycles. The number of hydrogen-bond acceptors (Lipinski definition) is 3. The van der Waals surface area contributed by atoms with Crippen LogP contribution in [0.2, 0.25) is 5.02 Å². The normalized spacial score (nSPS) is 21.9. The lowest BCUT2D eigenvalue weighted by molar-refractivity contribution is 0.226. The molecule has 0 aliphatic carbocycles. The van der Waals surface area contributed by atoms with Gasteiger partial charge in [-0.1, -0.05) is 11.6 Å². The molecule has 3 nitrogen and oxygen atoms in total. The Morgan fingerprint density at radius 2 is 2.15 bits per heavy atom. The Morgan fingerprint density at radius 3 is 3.00 bits per heavy atom. The van der Waals surface area contributed by atoms with Crippen LogP contribution in [0.4, 0.5) is 0 Å². The third-order valence-corrected chi connectivity index (χ3v) is 4.40. The molecular weight excluding hydrogens is 272 g/mol. The molecule has 2 heterocycles. The first-order chi connectivity index (χ1) is 9.81. The van der Waals surface area contributed by atoms with Gasteiger partial charge in [0.05, 0.1) is 0 Å². The van der Waals surface area contributed by atoms with Crippen LogP contribution in [0.15, 0.2) is 18.2 Å². The Bertz CT molecular complexity index is 446. The fourth-order valence-electron chi connectivity index (χ4n) is 3.10. The molecule has 1 aromatic rings. The number of likely N-dealkylation sites (tertiary alicyclic amines) is 1. The van der Waals surface area contributed by atoms with E-state index in [4.69, 9.17) is 16.3 Å². The molecular formula is C16H23ClN2O. The van der Waals surface area contributed by atoms with Crippen LogP contribution in [0.3, 0.4) is 0 Å². The van der Waals surface area contributed by atoms with Crippen LogP contribution in [0.25, 0.3) is 0 Å². The minimum atomic E-state index is 0.259. The summed E-state index contributed by atoms with van der Waals surface area (Å²) in [6.07, 6.45) is 5.21. The Balaban J connectivity index is 1.32. The highest BCUT2D eigenvalue weighted by Crippen LogP contribution is 2.30. The zero-order valence-corrected chi connectivity index (χ0v) is 12.7. The number of rotatable bonds is 6. The average molecular weight is 295 g/mol. The highest BCUT2D eigenvalue weighted by atomic mass is 35.5. The van der Waals surface area contributed by atoms with E-state index in [9.17, 15) is 0 Å². The Morgan fingerprint density at radius 1 is 1.30 bits per heavy atom. The van der Waals surface area contributed by atoms with Gasteiger partial charge in [-0.25, -0.2) is 0 Å². The van der Waals surface area contributed by atoms with Crippen LogP contribution < -0.4 is 10.1 Å². The van der Waals surface area contributed by atoms with Gasteiger partial charge in [0.1, 0.15) is 11.9 Å². The molecule has 1 saturated heterocycles. The summed E-state index contributed by atoms with van der Waals surface area (Å²) >= 11 is 6.00. The lowest BCUT2D eigenvalue weighted by Gasteiger charge is -2.15. The van der Waals surface area contributed by atoms with E-state index in [0.29, 0.717) is 0 Å². The number of nitrogens with one attached hydrogen (secondary N) is 1. The molecule has 2 aliphatic heterocycles. The van der Waals surface area contributed by atoms with Gasteiger partial charge in [0.15, 0.2) is 0 Å². The van der Waals surface area contributed by atoms with Gasteiger partial charge in [-0.05, 0) is 69.2 Å². The van der Waals surface area contributed by atoms with Crippen molar-refractivity contribution in [3.8, 4) is 5.75 Å². The summed E-state index contributed by atoms with van der Waals surface area (Å²) in [6, 6.07) is 5.89. The Kier molecular flexibility index (Phi) is 4.81. The molecule has 0 bridgehead atoms. The summed E-state index contributed by atoms with van der Waals surface area (Å²) in [4.78, 5) is 2.56. The molecule has 110 valence electrons. The summed E-state index contributed by atoms with van der Waals surface area (Å²) < 4.78 is 5.91. The predicted octanol–water partition coefficient (Wildman–Crippen LogP) is 2.72. The molecule has 0 spiro atoms. The summed E-state index contributed by atoms with van der Waals surface area (Å²) in [7, 11) is 0. The second-order valence-corrected chi connectivity index (χ2v) is 6.24. The topological polar surface area (TPSA) is 24.5 Å². The van der Waals surface area contributed by atoms with E-state index in [1.165, 1.54) is 44.5 Å². The summed E-state index contributed by atoms with van der Waals surface area (Å²) in [5.41, 5.74) is 1.24. The molecule has 1 atom stereocenters. The largest absolute Gasteiger partial charge is 0.488 e. The van der Waals surface area contributed by atoms with Crippen LogP contribution in [-0.4, -0.2) is 43.7 Å². The highest BCUT2D eigenvalue weighted by molar-refractivity contribution is 6.30. The zero-order chi connectivity index (χ0) is 13.8. The first kappa shape index (κ1) is 14.2. The van der Waals surface area contributed by atoms with Gasteiger partial charge >= 0.3 is 0 Å². The number of halogens is 1. The second-order valence-electron chi connectivity index (χ2n) is 5.80. The van der Waals surface area contributed by atoms with Crippen LogP contribution in [0.5, 0.6) is 5.75 Å². The maximum absolute atomic E-state index is 6.00. The standard InChI is InChI=1S/C16H23ClN2O/c17-14-4-5-16-13(10-14)11-15(20-16)12-18-6-3-9-19-7-1-2-8-19/h4-5,10,15,18H,1-3,6-9,11-12H2. The van der Waals surface area contributed by atoms with Crippen LogP contribution in [-0.2, 0) is 6.42 Å². The fraction of sp³-hybridized carbons (Fsp3) is 0.625. The first-order valence-corrected chi connectivity index (χ1v) is 8.07. The molecule has 1 fully saturated rings. The monoisotopic (exact) mass is 294 g/mol. The van der Waals surface area contributed by atoms with E-state index < -0.39 is 0 Å². The minimum absolute atomic E-state index is 0.259. The molecule has 4 heteroatoms. The van der Waals surface area contributed by atoms with Gasteiger partial charge in [0.2, 0.25) is 0 Å². The molecule has 1 N–H and O–H groups in total. The number of hydrogen-bond donors (Lipinski definition) is 1. The van der Waals surface area contributed by atoms with E-state index in [1.54, 1.807) is 0 Å². The van der Waals surface area contributed by atoms with E-state index in [2.05, 4.69) is 10.2 Å². The average Bonchev–Trinajstić information content (AvgIpc) is 3.06. The molecule has 20 heavy (non-hydrogen) atoms. The van der Waals surface area contributed by atoms with Crippen molar-refractivity contribution in [1.29, 1.82) is 0 Å². The molecule has 1 aromatic carbocycles. The highest BCUT2D eigenvalue weighted by Gasteiger charge is 2.22. The number of benzene rings is 1. The SMILES string of the molecule is Clc1ccc2c(c1)CC(CNCCCN1CCCC1)O2. The molecule has 0 aromatic heterocycles. The van der Waals surface area contributed by atoms with Gasteiger partial charge in [-0.15, -0.1) is 0 Å². The van der Waals surface area contributed by atoms with E-state index in [-0.39, 0.29) is 6.10 Å². The van der Waals surface area contributed by atoms with Crippen molar-refractivity contribution >= 4 is 11.6 Å². The van der Waals surface area contributed by atoms with Gasteiger partial charge < -0.3 is 15.0 Å².